The van der Waals surface area contributed by atoms with Crippen LogP contribution in [0.5, 0.6) is 0 Å². The summed E-state index contributed by atoms with van der Waals surface area (Å²) in [5.41, 5.74) is 5.08. The van der Waals surface area contributed by atoms with Crippen LogP contribution < -0.4 is 15.5 Å². The fourth-order valence-electron chi connectivity index (χ4n) is 4.74. The Morgan fingerprint density at radius 3 is 2.60 bits per heavy atom. The Labute approximate surface area is 205 Å². The molecule has 0 bridgehead atoms. The van der Waals surface area contributed by atoms with E-state index < -0.39 is 6.04 Å². The highest BCUT2D eigenvalue weighted by Crippen LogP contribution is 2.40. The summed E-state index contributed by atoms with van der Waals surface area (Å²) in [6.07, 6.45) is 2.57. The average Bonchev–Trinajstić information content (AvgIpc) is 2.82. The lowest BCUT2D eigenvalue weighted by Gasteiger charge is -2.55. The summed E-state index contributed by atoms with van der Waals surface area (Å²) in [5.74, 6) is 0.383. The van der Waals surface area contributed by atoms with Crippen LogP contribution in [-0.4, -0.2) is 43.7 Å². The number of nitrogens with zero attached hydrogens (tertiary/aromatic N) is 3. The third kappa shape index (κ3) is 5.04. The fraction of sp³-hybridized carbons (Fsp3) is 0.321. The largest absolute Gasteiger partial charge is 0.380 e. The van der Waals surface area contributed by atoms with Crippen LogP contribution in [0.4, 0.5) is 11.5 Å². The van der Waals surface area contributed by atoms with E-state index in [2.05, 4.69) is 26.6 Å². The molecule has 5 rings (SSSR count). The van der Waals surface area contributed by atoms with Gasteiger partial charge >= 0.3 is 0 Å². The van der Waals surface area contributed by atoms with Gasteiger partial charge in [-0.2, -0.15) is 5.26 Å². The minimum absolute atomic E-state index is 0.151. The number of nitriles is 1. The van der Waals surface area contributed by atoms with E-state index in [1.165, 1.54) is 0 Å². The molecule has 3 heterocycles. The Hall–Kier alpha value is -3.73. The van der Waals surface area contributed by atoms with Crippen LogP contribution in [0.1, 0.15) is 28.3 Å². The second-order valence-corrected chi connectivity index (χ2v) is 9.55. The van der Waals surface area contributed by atoms with Crippen LogP contribution in [0.25, 0.3) is 0 Å². The number of hydrogen-bond acceptors (Lipinski definition) is 6. The van der Waals surface area contributed by atoms with Gasteiger partial charge in [0, 0.05) is 19.6 Å². The molecule has 1 aromatic heterocycles. The van der Waals surface area contributed by atoms with E-state index >= 15 is 0 Å². The number of carbonyl (C=O) groups excluding carboxylic acids is 1. The van der Waals surface area contributed by atoms with Crippen LogP contribution in [0.2, 0.25) is 0 Å². The molecule has 2 N–H and O–H groups in total. The number of nitrogens with one attached hydrogen (secondary N) is 2. The zero-order valence-electron chi connectivity index (χ0n) is 19.8. The number of rotatable bonds is 8. The molecule has 0 saturated carbocycles. The summed E-state index contributed by atoms with van der Waals surface area (Å²) in [6.45, 7) is 6.26. The lowest BCUT2D eigenvalue weighted by Crippen LogP contribution is -2.66. The zero-order valence-corrected chi connectivity index (χ0v) is 19.8. The summed E-state index contributed by atoms with van der Waals surface area (Å²) in [7, 11) is 0. The molecule has 2 aromatic carbocycles. The molecule has 3 aromatic rings. The molecule has 7 nitrogen and oxygen atoms in total. The highest BCUT2D eigenvalue weighted by atomic mass is 16.5. The van der Waals surface area contributed by atoms with E-state index in [1.807, 2.05) is 73.8 Å². The number of carbonyl (C=O) groups is 1. The van der Waals surface area contributed by atoms with Gasteiger partial charge in [-0.3, -0.25) is 4.79 Å². The Morgan fingerprint density at radius 1 is 1.17 bits per heavy atom. The van der Waals surface area contributed by atoms with Crippen molar-refractivity contribution in [2.24, 2.45) is 5.41 Å². The SMILES string of the molecule is Cc1cc(CCNC(C(=O)Nc2ccc(N3CC4(COC4)C3)cn2)c2ccccc2)ccc1C#N. The van der Waals surface area contributed by atoms with Gasteiger partial charge in [0.05, 0.1) is 42.1 Å². The number of aromatic nitrogens is 1. The Balaban J connectivity index is 1.21. The molecule has 35 heavy (non-hydrogen) atoms. The van der Waals surface area contributed by atoms with E-state index in [1.54, 1.807) is 0 Å². The van der Waals surface area contributed by atoms with Crippen molar-refractivity contribution >= 4 is 17.4 Å². The molecule has 1 amide bonds. The molecule has 2 fully saturated rings. The first-order valence-corrected chi connectivity index (χ1v) is 11.9. The van der Waals surface area contributed by atoms with Gasteiger partial charge in [0.25, 0.3) is 0 Å². The van der Waals surface area contributed by atoms with E-state index in [0.717, 1.165) is 55.1 Å². The van der Waals surface area contributed by atoms with Crippen LogP contribution in [0.15, 0.2) is 66.9 Å². The van der Waals surface area contributed by atoms with Gasteiger partial charge in [-0.05, 0) is 48.2 Å². The van der Waals surface area contributed by atoms with Crippen LogP contribution in [-0.2, 0) is 16.0 Å². The van der Waals surface area contributed by atoms with Gasteiger partial charge in [0.1, 0.15) is 11.9 Å². The molecule has 0 aliphatic carbocycles. The second kappa shape index (κ2) is 9.87. The van der Waals surface area contributed by atoms with Crippen molar-refractivity contribution < 1.29 is 9.53 Å². The predicted molar refractivity (Wildman–Crippen MR) is 135 cm³/mol. The third-order valence-electron chi connectivity index (χ3n) is 6.80. The van der Waals surface area contributed by atoms with E-state index in [-0.39, 0.29) is 5.91 Å². The molecular formula is C28H29N5O2. The molecule has 7 heteroatoms. The van der Waals surface area contributed by atoms with Crippen molar-refractivity contribution in [2.45, 2.75) is 19.4 Å². The maximum Gasteiger partial charge on any atom is 0.247 e. The molecule has 0 radical (unpaired) electrons. The molecule has 1 spiro atoms. The van der Waals surface area contributed by atoms with Crippen molar-refractivity contribution in [1.29, 1.82) is 5.26 Å². The summed E-state index contributed by atoms with van der Waals surface area (Å²) >= 11 is 0. The van der Waals surface area contributed by atoms with Gasteiger partial charge in [-0.1, -0.05) is 42.5 Å². The van der Waals surface area contributed by atoms with Crippen molar-refractivity contribution in [2.75, 3.05) is 43.1 Å². The van der Waals surface area contributed by atoms with Crippen molar-refractivity contribution in [1.82, 2.24) is 10.3 Å². The molecule has 1 unspecified atom stereocenters. The van der Waals surface area contributed by atoms with E-state index in [0.29, 0.717) is 23.3 Å². The second-order valence-electron chi connectivity index (χ2n) is 9.55. The molecule has 178 valence electrons. The standard InChI is InChI=1S/C28H29N5O2/c1-20-13-21(7-8-23(20)14-29)11-12-30-26(22-5-3-2-4-6-22)27(34)32-25-10-9-24(15-31-25)33-16-28(17-33)18-35-19-28/h2-10,13,15,26,30H,11-12,16-19H2,1H3,(H,31,32,34). The first-order chi connectivity index (χ1) is 17.0. The number of benzene rings is 2. The predicted octanol–water partition coefficient (Wildman–Crippen LogP) is 3.61. The topological polar surface area (TPSA) is 90.3 Å². The maximum atomic E-state index is 13.2. The Morgan fingerprint density at radius 2 is 1.97 bits per heavy atom. The first-order valence-electron chi connectivity index (χ1n) is 11.9. The fourth-order valence-corrected chi connectivity index (χ4v) is 4.74. The van der Waals surface area contributed by atoms with Gasteiger partial charge in [-0.25, -0.2) is 4.98 Å². The Kier molecular flexibility index (Phi) is 6.49. The first kappa shape index (κ1) is 23.0. The highest BCUT2D eigenvalue weighted by molar-refractivity contribution is 5.94. The summed E-state index contributed by atoms with van der Waals surface area (Å²) in [6, 6.07) is 21.1. The number of pyridine rings is 1. The number of hydrogen-bond donors (Lipinski definition) is 2. The maximum absolute atomic E-state index is 13.2. The smallest absolute Gasteiger partial charge is 0.247 e. The molecule has 2 saturated heterocycles. The number of amides is 1. The van der Waals surface area contributed by atoms with Gasteiger partial charge in [-0.15, -0.1) is 0 Å². The minimum atomic E-state index is -0.508. The quantitative estimate of drug-likeness (QED) is 0.526. The van der Waals surface area contributed by atoms with Crippen molar-refractivity contribution in [3.05, 3.63) is 89.1 Å². The van der Waals surface area contributed by atoms with Crippen LogP contribution in [0.3, 0.4) is 0 Å². The molecule has 2 aliphatic rings. The summed E-state index contributed by atoms with van der Waals surface area (Å²) < 4.78 is 5.35. The highest BCUT2D eigenvalue weighted by Gasteiger charge is 2.49. The van der Waals surface area contributed by atoms with Gasteiger partial charge < -0.3 is 20.3 Å². The van der Waals surface area contributed by atoms with Crippen LogP contribution >= 0.6 is 0 Å². The number of aryl methyl sites for hydroxylation is 1. The third-order valence-corrected chi connectivity index (χ3v) is 6.80. The monoisotopic (exact) mass is 467 g/mol. The van der Waals surface area contributed by atoms with E-state index in [9.17, 15) is 4.79 Å². The molecule has 2 aliphatic heterocycles. The number of anilines is 2. The van der Waals surface area contributed by atoms with Gasteiger partial charge in [0.15, 0.2) is 0 Å². The number of ether oxygens (including phenoxy) is 1. The molecule has 1 atom stereocenters. The van der Waals surface area contributed by atoms with Crippen molar-refractivity contribution in [3.8, 4) is 6.07 Å². The van der Waals surface area contributed by atoms with Crippen LogP contribution in [0, 0.1) is 23.7 Å². The Bertz CT molecular complexity index is 1220. The minimum Gasteiger partial charge on any atom is -0.380 e. The average molecular weight is 468 g/mol. The summed E-state index contributed by atoms with van der Waals surface area (Å²) in [4.78, 5) is 20.0. The lowest BCUT2D eigenvalue weighted by molar-refractivity contribution is -0.127. The lowest BCUT2D eigenvalue weighted by atomic mass is 9.78. The van der Waals surface area contributed by atoms with E-state index in [4.69, 9.17) is 10.00 Å². The molecular weight excluding hydrogens is 438 g/mol. The van der Waals surface area contributed by atoms with Gasteiger partial charge in [0.2, 0.25) is 5.91 Å². The summed E-state index contributed by atoms with van der Waals surface area (Å²) in [5, 5.41) is 15.5. The van der Waals surface area contributed by atoms with Crippen molar-refractivity contribution in [3.63, 3.8) is 0 Å². The zero-order chi connectivity index (χ0) is 24.3. The normalized spacial score (nSPS) is 16.6.